The summed E-state index contributed by atoms with van der Waals surface area (Å²) >= 11 is 0. The number of hydrogen-bond acceptors (Lipinski definition) is 5. The van der Waals surface area contributed by atoms with Gasteiger partial charge in [-0.1, -0.05) is 6.07 Å². The van der Waals surface area contributed by atoms with Crippen LogP contribution in [-0.2, 0) is 4.74 Å². The van der Waals surface area contributed by atoms with Crippen LogP contribution < -0.4 is 20.1 Å². The van der Waals surface area contributed by atoms with Crippen molar-refractivity contribution in [3.05, 3.63) is 23.8 Å². The molecule has 1 aromatic rings. The van der Waals surface area contributed by atoms with Gasteiger partial charge in [0, 0.05) is 26.7 Å². The maximum Gasteiger partial charge on any atom is 0.387 e. The van der Waals surface area contributed by atoms with Crippen LogP contribution in [-0.4, -0.2) is 53.0 Å². The molecule has 0 radical (unpaired) electrons. The van der Waals surface area contributed by atoms with Crippen molar-refractivity contribution in [2.45, 2.75) is 6.61 Å². The Morgan fingerprint density at radius 1 is 1.22 bits per heavy atom. The van der Waals surface area contributed by atoms with Crippen LogP contribution in [0.1, 0.15) is 10.4 Å². The van der Waals surface area contributed by atoms with Gasteiger partial charge in [-0.05, 0) is 12.1 Å². The highest BCUT2D eigenvalue weighted by Gasteiger charge is 2.19. The molecule has 9 heteroatoms. The van der Waals surface area contributed by atoms with Gasteiger partial charge >= 0.3 is 6.61 Å². The molecule has 0 atom stereocenters. The number of carbonyl (C=O) groups excluding carboxylic acids is 1. The molecule has 1 aromatic carbocycles. The van der Waals surface area contributed by atoms with Crippen molar-refractivity contribution in [1.82, 2.24) is 10.6 Å². The van der Waals surface area contributed by atoms with Gasteiger partial charge < -0.3 is 24.8 Å². The molecular weight excluding hydrogens is 334 g/mol. The number of methoxy groups -OCH3 is 2. The monoisotopic (exact) mass is 354 g/mol. The topological polar surface area (TPSA) is 68.8 Å². The lowest BCUT2D eigenvalue weighted by Gasteiger charge is -2.14. The van der Waals surface area contributed by atoms with Crippen LogP contribution in [0, 0.1) is 0 Å². The molecule has 0 aliphatic rings. The third-order valence-corrected chi connectivity index (χ3v) is 2.72. The average molecular weight is 355 g/mol. The number of ether oxygens (including phenoxy) is 3. The molecule has 0 heterocycles. The van der Waals surface area contributed by atoms with Crippen molar-refractivity contribution in [3.8, 4) is 11.5 Å². The van der Waals surface area contributed by atoms with Gasteiger partial charge in [0.2, 0.25) is 0 Å². The SMILES string of the molecule is COCCNCCNC(=O)c1cccc(OC)c1OC(F)F.Cl. The molecule has 0 saturated carbocycles. The van der Waals surface area contributed by atoms with E-state index in [1.54, 1.807) is 7.11 Å². The lowest BCUT2D eigenvalue weighted by molar-refractivity contribution is -0.0515. The molecule has 0 aromatic heterocycles. The van der Waals surface area contributed by atoms with Crippen LogP contribution in [0.25, 0.3) is 0 Å². The molecule has 1 amide bonds. The second-order valence-corrected chi connectivity index (χ2v) is 4.21. The minimum absolute atomic E-state index is 0. The normalized spacial score (nSPS) is 10.1. The van der Waals surface area contributed by atoms with E-state index in [2.05, 4.69) is 15.4 Å². The summed E-state index contributed by atoms with van der Waals surface area (Å²) in [5.74, 6) is -0.709. The first-order chi connectivity index (χ1) is 10.6. The number of halogens is 3. The molecule has 132 valence electrons. The summed E-state index contributed by atoms with van der Waals surface area (Å²) in [6.45, 7) is -0.946. The van der Waals surface area contributed by atoms with Crippen molar-refractivity contribution in [2.75, 3.05) is 40.5 Å². The molecular formula is C14H21ClF2N2O4. The van der Waals surface area contributed by atoms with Crippen molar-refractivity contribution < 1.29 is 27.8 Å². The molecule has 0 aliphatic carbocycles. The summed E-state index contributed by atoms with van der Waals surface area (Å²) in [4.78, 5) is 12.1. The highest BCUT2D eigenvalue weighted by atomic mass is 35.5. The van der Waals surface area contributed by atoms with Gasteiger partial charge in [0.05, 0.1) is 19.3 Å². The summed E-state index contributed by atoms with van der Waals surface area (Å²) < 4.78 is 39.2. The molecule has 2 N–H and O–H groups in total. The Hall–Kier alpha value is -1.64. The average Bonchev–Trinajstić information content (AvgIpc) is 2.50. The van der Waals surface area contributed by atoms with Gasteiger partial charge in [-0.15, -0.1) is 12.4 Å². The van der Waals surface area contributed by atoms with E-state index in [1.807, 2.05) is 0 Å². The van der Waals surface area contributed by atoms with E-state index in [4.69, 9.17) is 9.47 Å². The molecule has 23 heavy (non-hydrogen) atoms. The van der Waals surface area contributed by atoms with Gasteiger partial charge in [0.25, 0.3) is 5.91 Å². The molecule has 1 rings (SSSR count). The van der Waals surface area contributed by atoms with Crippen molar-refractivity contribution >= 4 is 18.3 Å². The predicted octanol–water partition coefficient (Wildman–Crippen LogP) is 1.68. The molecule has 0 spiro atoms. The summed E-state index contributed by atoms with van der Waals surface area (Å²) in [6, 6.07) is 4.37. The zero-order valence-electron chi connectivity index (χ0n) is 12.9. The number of nitrogens with one attached hydrogen (secondary N) is 2. The van der Waals surface area contributed by atoms with E-state index in [0.29, 0.717) is 26.2 Å². The number of benzene rings is 1. The minimum Gasteiger partial charge on any atom is -0.493 e. The Kier molecular flexibility index (Phi) is 11.0. The number of amides is 1. The number of alkyl halides is 2. The minimum atomic E-state index is -3.04. The lowest BCUT2D eigenvalue weighted by atomic mass is 10.1. The van der Waals surface area contributed by atoms with Gasteiger partial charge in [-0.3, -0.25) is 4.79 Å². The zero-order valence-corrected chi connectivity index (χ0v) is 13.8. The van der Waals surface area contributed by atoms with E-state index >= 15 is 0 Å². The largest absolute Gasteiger partial charge is 0.493 e. The smallest absolute Gasteiger partial charge is 0.387 e. The Morgan fingerprint density at radius 3 is 2.57 bits per heavy atom. The van der Waals surface area contributed by atoms with Crippen LogP contribution in [0.3, 0.4) is 0 Å². The van der Waals surface area contributed by atoms with Crippen LogP contribution in [0.5, 0.6) is 11.5 Å². The predicted molar refractivity (Wildman–Crippen MR) is 84.0 cm³/mol. The summed E-state index contributed by atoms with van der Waals surface area (Å²) in [6.07, 6.45) is 0. The molecule has 0 fully saturated rings. The third-order valence-electron chi connectivity index (χ3n) is 2.72. The molecule has 0 saturated heterocycles. The molecule has 6 nitrogen and oxygen atoms in total. The fourth-order valence-corrected chi connectivity index (χ4v) is 1.72. The van der Waals surface area contributed by atoms with Crippen LogP contribution in [0.15, 0.2) is 18.2 Å². The second kappa shape index (κ2) is 11.9. The van der Waals surface area contributed by atoms with E-state index in [-0.39, 0.29) is 29.5 Å². The summed E-state index contributed by atoms with van der Waals surface area (Å²) in [7, 11) is 2.91. The fourth-order valence-electron chi connectivity index (χ4n) is 1.72. The molecule has 0 bridgehead atoms. The molecule has 0 unspecified atom stereocenters. The van der Waals surface area contributed by atoms with Crippen LogP contribution >= 0.6 is 12.4 Å². The highest BCUT2D eigenvalue weighted by molar-refractivity contribution is 5.97. The summed E-state index contributed by atoms with van der Waals surface area (Å²) in [5, 5.41) is 5.66. The Labute approximate surface area is 139 Å². The quantitative estimate of drug-likeness (QED) is 0.626. The van der Waals surface area contributed by atoms with Crippen molar-refractivity contribution in [1.29, 1.82) is 0 Å². The maximum absolute atomic E-state index is 12.5. The first kappa shape index (κ1) is 21.4. The van der Waals surface area contributed by atoms with Gasteiger partial charge in [-0.2, -0.15) is 8.78 Å². The summed E-state index contributed by atoms with van der Waals surface area (Å²) in [5.41, 5.74) is -0.00320. The second-order valence-electron chi connectivity index (χ2n) is 4.21. The Bertz CT molecular complexity index is 478. The maximum atomic E-state index is 12.5. The van der Waals surface area contributed by atoms with Crippen LogP contribution in [0.4, 0.5) is 8.78 Å². The van der Waals surface area contributed by atoms with E-state index < -0.39 is 12.5 Å². The van der Waals surface area contributed by atoms with E-state index in [9.17, 15) is 13.6 Å². The van der Waals surface area contributed by atoms with Crippen molar-refractivity contribution in [3.63, 3.8) is 0 Å². The third kappa shape index (κ3) is 7.45. The highest BCUT2D eigenvalue weighted by Crippen LogP contribution is 2.32. The Morgan fingerprint density at radius 2 is 1.96 bits per heavy atom. The van der Waals surface area contributed by atoms with E-state index in [1.165, 1.54) is 25.3 Å². The van der Waals surface area contributed by atoms with Gasteiger partial charge in [-0.25, -0.2) is 0 Å². The van der Waals surface area contributed by atoms with E-state index in [0.717, 1.165) is 0 Å². The first-order valence-corrected chi connectivity index (χ1v) is 6.69. The van der Waals surface area contributed by atoms with Crippen LogP contribution in [0.2, 0.25) is 0 Å². The fraction of sp³-hybridized carbons (Fsp3) is 0.500. The zero-order chi connectivity index (χ0) is 16.4. The number of rotatable bonds is 10. The lowest BCUT2D eigenvalue weighted by Crippen LogP contribution is -2.33. The van der Waals surface area contributed by atoms with Gasteiger partial charge in [0.1, 0.15) is 0 Å². The standard InChI is InChI=1S/C14H20F2N2O4.ClH/c1-20-9-8-17-6-7-18-13(19)10-4-3-5-11(21-2)12(10)22-14(15)16;/h3-5,14,17H,6-9H2,1-2H3,(H,18,19);1H. The first-order valence-electron chi connectivity index (χ1n) is 6.69. The number of para-hydroxylation sites is 1. The number of carbonyl (C=O) groups is 1. The number of hydrogen-bond donors (Lipinski definition) is 2. The Balaban J connectivity index is 0.00000484. The van der Waals surface area contributed by atoms with Crippen molar-refractivity contribution in [2.24, 2.45) is 0 Å². The molecule has 0 aliphatic heterocycles. The van der Waals surface area contributed by atoms with Gasteiger partial charge in [0.15, 0.2) is 11.5 Å².